The number of hydrazone groups is 1. The van der Waals surface area contributed by atoms with Crippen LogP contribution < -0.4 is 15.2 Å². The van der Waals surface area contributed by atoms with Crippen LogP contribution in [0.4, 0.5) is 0 Å². The summed E-state index contributed by atoms with van der Waals surface area (Å²) in [4.78, 5) is 18.4. The summed E-state index contributed by atoms with van der Waals surface area (Å²) < 4.78 is 17.1. The Bertz CT molecular complexity index is 1390. The second-order valence-corrected chi connectivity index (χ2v) is 10.9. The maximum atomic E-state index is 12.4. The number of aromatic amines is 1. The summed E-state index contributed by atoms with van der Waals surface area (Å²) in [5.74, 6) is 1.50. The van der Waals surface area contributed by atoms with Gasteiger partial charge in [-0.3, -0.25) is 4.79 Å². The summed E-state index contributed by atoms with van der Waals surface area (Å²) in [5.41, 5.74) is 10.8. The first-order chi connectivity index (χ1) is 18.7. The van der Waals surface area contributed by atoms with E-state index in [4.69, 9.17) is 25.0 Å². The van der Waals surface area contributed by atoms with Crippen molar-refractivity contribution in [2.24, 2.45) is 10.8 Å². The molecule has 0 radical (unpaired) electrons. The first-order valence-electron chi connectivity index (χ1n) is 13.7. The third-order valence-electron chi connectivity index (χ3n) is 7.85. The van der Waals surface area contributed by atoms with Gasteiger partial charge >= 0.3 is 0 Å². The second-order valence-electron chi connectivity index (χ2n) is 10.9. The SMILES string of the molecule is COc1ccc(-c2[nH]c3ccc(C4=NN(C5CCN(C(C)C)CC5)C(C(N)=O)O4)cc3c2C(C)C)cc1OC. The summed E-state index contributed by atoms with van der Waals surface area (Å²) in [6.07, 6.45) is 0.917. The van der Waals surface area contributed by atoms with Gasteiger partial charge in [-0.15, -0.1) is 5.10 Å². The summed E-state index contributed by atoms with van der Waals surface area (Å²) in [7, 11) is 3.27. The molecule has 5 rings (SSSR count). The molecule has 208 valence electrons. The number of ether oxygens (including phenoxy) is 3. The average molecular weight is 534 g/mol. The topological polar surface area (TPSA) is 105 Å². The summed E-state index contributed by atoms with van der Waals surface area (Å²) in [5, 5.41) is 7.68. The number of carbonyl (C=O) groups excluding carboxylic acids is 1. The van der Waals surface area contributed by atoms with Gasteiger partial charge in [0.25, 0.3) is 12.1 Å². The van der Waals surface area contributed by atoms with Crippen molar-refractivity contribution in [1.29, 1.82) is 0 Å². The Hall–Kier alpha value is -3.72. The number of primary amides is 1. The molecule has 0 spiro atoms. The van der Waals surface area contributed by atoms with E-state index in [0.717, 1.165) is 53.7 Å². The minimum absolute atomic E-state index is 0.105. The molecular formula is C30H39N5O4. The number of methoxy groups -OCH3 is 2. The number of fused-ring (bicyclic) bond motifs is 1. The lowest BCUT2D eigenvalue weighted by atomic mass is 9.95. The first kappa shape index (κ1) is 26.9. The van der Waals surface area contributed by atoms with Crippen LogP contribution in [0, 0.1) is 0 Å². The number of nitrogens with two attached hydrogens (primary N) is 1. The number of benzene rings is 2. The summed E-state index contributed by atoms with van der Waals surface area (Å²) in [6, 6.07) is 12.6. The molecule has 39 heavy (non-hydrogen) atoms. The Morgan fingerprint density at radius 1 is 1.03 bits per heavy atom. The van der Waals surface area contributed by atoms with E-state index in [1.165, 1.54) is 5.56 Å². The van der Waals surface area contributed by atoms with E-state index in [1.807, 2.05) is 30.3 Å². The molecular weight excluding hydrogens is 494 g/mol. The number of likely N-dealkylation sites (tertiary alicyclic amines) is 1. The lowest BCUT2D eigenvalue weighted by molar-refractivity contribution is -0.134. The molecule has 0 saturated carbocycles. The van der Waals surface area contributed by atoms with E-state index in [0.29, 0.717) is 23.4 Å². The molecule has 1 aromatic heterocycles. The second kappa shape index (κ2) is 10.8. The molecule has 2 aliphatic heterocycles. The Kier molecular flexibility index (Phi) is 7.44. The van der Waals surface area contributed by atoms with Crippen molar-refractivity contribution in [3.8, 4) is 22.8 Å². The van der Waals surface area contributed by atoms with Crippen molar-refractivity contribution in [3.05, 3.63) is 47.5 Å². The van der Waals surface area contributed by atoms with Crippen LogP contribution in [0.25, 0.3) is 22.2 Å². The monoisotopic (exact) mass is 533 g/mol. The fourth-order valence-electron chi connectivity index (χ4n) is 5.76. The molecule has 9 heteroatoms. The number of amides is 1. The van der Waals surface area contributed by atoms with Crippen molar-refractivity contribution in [2.75, 3.05) is 27.3 Å². The van der Waals surface area contributed by atoms with E-state index >= 15 is 0 Å². The molecule has 2 aromatic carbocycles. The zero-order valence-corrected chi connectivity index (χ0v) is 23.7. The predicted octanol–water partition coefficient (Wildman–Crippen LogP) is 4.65. The Labute approximate surface area is 229 Å². The molecule has 2 aliphatic rings. The molecule has 3 aromatic rings. The number of nitrogens with one attached hydrogen (secondary N) is 1. The van der Waals surface area contributed by atoms with E-state index in [2.05, 4.69) is 43.6 Å². The average Bonchev–Trinajstić information content (AvgIpc) is 3.55. The zero-order chi connectivity index (χ0) is 27.8. The molecule has 1 atom stereocenters. The zero-order valence-electron chi connectivity index (χ0n) is 23.7. The maximum absolute atomic E-state index is 12.4. The number of carbonyl (C=O) groups is 1. The molecule has 9 nitrogen and oxygen atoms in total. The van der Waals surface area contributed by atoms with E-state index in [1.54, 1.807) is 19.2 Å². The van der Waals surface area contributed by atoms with Crippen molar-refractivity contribution < 1.29 is 19.0 Å². The summed E-state index contributed by atoms with van der Waals surface area (Å²) >= 11 is 0. The standard InChI is InChI=1S/C30H39N5O4/c1-17(2)26-22-15-20(7-9-23(22)32-27(26)19-8-10-24(37-5)25(16-19)38-6)29-33-35(30(39-29)28(31)36)21-11-13-34(14-12-21)18(3)4/h7-10,15-18,21,30,32H,11-14H2,1-6H3,(H2,31,36). The molecule has 1 unspecified atom stereocenters. The molecule has 3 N–H and O–H groups in total. The predicted molar refractivity (Wildman–Crippen MR) is 153 cm³/mol. The van der Waals surface area contributed by atoms with Crippen LogP contribution in [0.1, 0.15) is 57.6 Å². The normalized spacial score (nSPS) is 18.6. The van der Waals surface area contributed by atoms with Crippen molar-refractivity contribution in [1.82, 2.24) is 14.9 Å². The van der Waals surface area contributed by atoms with Gasteiger partial charge in [0.1, 0.15) is 0 Å². The highest BCUT2D eigenvalue weighted by Crippen LogP contribution is 2.39. The molecule has 1 fully saturated rings. The molecule has 1 saturated heterocycles. The van der Waals surface area contributed by atoms with Gasteiger partial charge < -0.3 is 29.8 Å². The Morgan fingerprint density at radius 3 is 2.33 bits per heavy atom. The van der Waals surface area contributed by atoms with E-state index in [-0.39, 0.29) is 12.0 Å². The van der Waals surface area contributed by atoms with Crippen LogP contribution in [0.15, 0.2) is 41.5 Å². The van der Waals surface area contributed by atoms with Crippen LogP contribution in [-0.2, 0) is 9.53 Å². The third kappa shape index (κ3) is 5.03. The third-order valence-corrected chi connectivity index (χ3v) is 7.85. The highest BCUT2D eigenvalue weighted by molar-refractivity contribution is 6.02. The van der Waals surface area contributed by atoms with E-state index < -0.39 is 12.1 Å². The molecule has 0 bridgehead atoms. The largest absolute Gasteiger partial charge is 0.493 e. The van der Waals surface area contributed by atoms with Gasteiger partial charge in [-0.05, 0) is 74.6 Å². The number of piperidine rings is 1. The lowest BCUT2D eigenvalue weighted by Crippen LogP contribution is -2.50. The van der Waals surface area contributed by atoms with Crippen molar-refractivity contribution in [2.45, 2.75) is 64.8 Å². The van der Waals surface area contributed by atoms with Crippen molar-refractivity contribution >= 4 is 22.7 Å². The van der Waals surface area contributed by atoms with Gasteiger partial charge in [0.05, 0.1) is 26.0 Å². The maximum Gasteiger partial charge on any atom is 0.281 e. The van der Waals surface area contributed by atoms with Crippen LogP contribution in [-0.4, -0.2) is 72.3 Å². The van der Waals surface area contributed by atoms with Gasteiger partial charge in [0.2, 0.25) is 5.90 Å². The van der Waals surface area contributed by atoms with Gasteiger partial charge in [-0.2, -0.15) is 0 Å². The van der Waals surface area contributed by atoms with Gasteiger partial charge in [0.15, 0.2) is 11.5 Å². The molecule has 0 aliphatic carbocycles. The van der Waals surface area contributed by atoms with E-state index in [9.17, 15) is 4.79 Å². The highest BCUT2D eigenvalue weighted by atomic mass is 16.5. The number of nitrogens with zero attached hydrogens (tertiary/aromatic N) is 3. The van der Waals surface area contributed by atoms with Gasteiger partial charge in [-0.25, -0.2) is 5.01 Å². The Balaban J connectivity index is 1.50. The Morgan fingerprint density at radius 2 is 1.72 bits per heavy atom. The van der Waals surface area contributed by atoms with Crippen LogP contribution >= 0.6 is 0 Å². The fraction of sp³-hybridized carbons (Fsp3) is 0.467. The van der Waals surface area contributed by atoms with Crippen LogP contribution in [0.2, 0.25) is 0 Å². The lowest BCUT2D eigenvalue weighted by Gasteiger charge is -2.38. The number of rotatable bonds is 8. The minimum Gasteiger partial charge on any atom is -0.493 e. The summed E-state index contributed by atoms with van der Waals surface area (Å²) in [6.45, 7) is 10.7. The van der Waals surface area contributed by atoms with Crippen molar-refractivity contribution in [3.63, 3.8) is 0 Å². The van der Waals surface area contributed by atoms with Crippen LogP contribution in [0.5, 0.6) is 11.5 Å². The molecule has 1 amide bonds. The van der Waals surface area contributed by atoms with Gasteiger partial charge in [0, 0.05) is 41.2 Å². The molecule has 3 heterocycles. The minimum atomic E-state index is -0.899. The smallest absolute Gasteiger partial charge is 0.281 e. The quantitative estimate of drug-likeness (QED) is 0.437. The van der Waals surface area contributed by atoms with Crippen LogP contribution in [0.3, 0.4) is 0 Å². The number of H-pyrrole nitrogens is 1. The van der Waals surface area contributed by atoms with Gasteiger partial charge in [-0.1, -0.05) is 13.8 Å². The number of hydrogen-bond donors (Lipinski definition) is 2. The fourth-order valence-corrected chi connectivity index (χ4v) is 5.76. The number of aromatic nitrogens is 1. The number of hydrogen-bond acceptors (Lipinski definition) is 7. The first-order valence-corrected chi connectivity index (χ1v) is 13.7. The highest BCUT2D eigenvalue weighted by Gasteiger charge is 2.39.